The van der Waals surface area contributed by atoms with Gasteiger partial charge in [-0.15, -0.1) is 0 Å². The molecule has 1 N–H and O–H groups in total. The zero-order valence-electron chi connectivity index (χ0n) is 10.4. The van der Waals surface area contributed by atoms with Crippen LogP contribution in [0.25, 0.3) is 0 Å². The summed E-state index contributed by atoms with van der Waals surface area (Å²) in [4.78, 5) is 4.35. The van der Waals surface area contributed by atoms with E-state index in [2.05, 4.69) is 20.7 Å². The molecule has 0 amide bonds. The quantitative estimate of drug-likeness (QED) is 0.922. The molecule has 0 saturated carbocycles. The number of benzene rings is 1. The van der Waals surface area contributed by atoms with Gasteiger partial charge in [0.2, 0.25) is 5.13 Å². The van der Waals surface area contributed by atoms with Crippen LogP contribution in [-0.2, 0) is 6.42 Å². The largest absolute Gasteiger partial charge is 0.496 e. The Morgan fingerprint density at radius 1 is 1.44 bits per heavy atom. The third kappa shape index (κ3) is 1.95. The summed E-state index contributed by atoms with van der Waals surface area (Å²) in [7, 11) is 1.73. The van der Waals surface area contributed by atoms with Crippen LogP contribution in [0.5, 0.6) is 5.75 Å². The van der Waals surface area contributed by atoms with Crippen molar-refractivity contribution < 1.29 is 4.74 Å². The van der Waals surface area contributed by atoms with Gasteiger partial charge >= 0.3 is 0 Å². The highest BCUT2D eigenvalue weighted by Gasteiger charge is 2.25. The molecule has 0 spiro atoms. The van der Waals surface area contributed by atoms with Crippen LogP contribution in [0.2, 0.25) is 0 Å². The van der Waals surface area contributed by atoms with Crippen molar-refractivity contribution >= 4 is 16.7 Å². The summed E-state index contributed by atoms with van der Waals surface area (Å²) in [6.45, 7) is 1.91. The third-order valence-corrected chi connectivity index (χ3v) is 4.01. The van der Waals surface area contributed by atoms with Crippen LogP contribution >= 0.6 is 11.5 Å². The van der Waals surface area contributed by atoms with Crippen molar-refractivity contribution in [2.45, 2.75) is 25.8 Å². The Kier molecular flexibility index (Phi) is 2.91. The van der Waals surface area contributed by atoms with Crippen LogP contribution in [0.3, 0.4) is 0 Å². The molecule has 94 valence electrons. The Morgan fingerprint density at radius 3 is 3.06 bits per heavy atom. The second-order valence-corrected chi connectivity index (χ2v) is 5.16. The number of hydrogen-bond acceptors (Lipinski definition) is 5. The number of nitrogens with zero attached hydrogens (tertiary/aromatic N) is 2. The zero-order valence-corrected chi connectivity index (χ0v) is 11.3. The summed E-state index contributed by atoms with van der Waals surface area (Å²) >= 11 is 1.42. The lowest BCUT2D eigenvalue weighted by atomic mass is 10.1. The van der Waals surface area contributed by atoms with Crippen molar-refractivity contribution in [2.24, 2.45) is 0 Å². The van der Waals surface area contributed by atoms with E-state index in [1.165, 1.54) is 22.7 Å². The Bertz CT molecular complexity index is 567. The molecule has 0 bridgehead atoms. The van der Waals surface area contributed by atoms with Crippen LogP contribution in [0, 0.1) is 6.92 Å². The van der Waals surface area contributed by atoms with E-state index in [0.29, 0.717) is 6.04 Å². The first-order valence-corrected chi connectivity index (χ1v) is 6.78. The highest BCUT2D eigenvalue weighted by molar-refractivity contribution is 7.09. The van der Waals surface area contributed by atoms with Crippen LogP contribution in [-0.4, -0.2) is 16.5 Å². The number of methoxy groups -OCH3 is 1. The second kappa shape index (κ2) is 4.57. The van der Waals surface area contributed by atoms with E-state index >= 15 is 0 Å². The van der Waals surface area contributed by atoms with Crippen molar-refractivity contribution in [3.8, 4) is 5.75 Å². The number of rotatable bonds is 3. The first-order valence-electron chi connectivity index (χ1n) is 6.00. The minimum Gasteiger partial charge on any atom is -0.496 e. The first-order chi connectivity index (χ1) is 8.78. The molecule has 1 atom stereocenters. The van der Waals surface area contributed by atoms with Gasteiger partial charge in [0, 0.05) is 11.5 Å². The molecule has 18 heavy (non-hydrogen) atoms. The van der Waals surface area contributed by atoms with Gasteiger partial charge in [0.15, 0.2) is 0 Å². The van der Waals surface area contributed by atoms with E-state index in [1.54, 1.807) is 7.11 Å². The normalized spacial score (nSPS) is 17.6. The van der Waals surface area contributed by atoms with Crippen LogP contribution < -0.4 is 10.1 Å². The summed E-state index contributed by atoms with van der Waals surface area (Å²) in [6, 6.07) is 6.55. The number of fused-ring (bicyclic) bond motifs is 1. The van der Waals surface area contributed by atoms with E-state index in [9.17, 15) is 0 Å². The summed E-state index contributed by atoms with van der Waals surface area (Å²) in [5, 5.41) is 4.35. The number of anilines is 1. The lowest BCUT2D eigenvalue weighted by molar-refractivity contribution is 0.410. The standard InChI is InChI=1S/C13H15N3OS/c1-8-14-13(18-16-8)15-11-7-6-10-9(11)4-3-5-12(10)17-2/h3-5,11H,6-7H2,1-2H3,(H,14,15,16). The fraction of sp³-hybridized carbons (Fsp3) is 0.385. The van der Waals surface area contributed by atoms with Crippen LogP contribution in [0.1, 0.15) is 29.4 Å². The van der Waals surface area contributed by atoms with Gasteiger partial charge in [-0.25, -0.2) is 4.98 Å². The monoisotopic (exact) mass is 261 g/mol. The van der Waals surface area contributed by atoms with Gasteiger partial charge in [-0.05, 0) is 37.0 Å². The molecule has 1 aliphatic rings. The maximum absolute atomic E-state index is 5.41. The molecule has 5 heteroatoms. The van der Waals surface area contributed by atoms with E-state index in [-0.39, 0.29) is 0 Å². The molecule has 2 aromatic rings. The van der Waals surface area contributed by atoms with Gasteiger partial charge < -0.3 is 10.1 Å². The Balaban J connectivity index is 1.86. The molecule has 0 aliphatic heterocycles. The van der Waals surface area contributed by atoms with E-state index in [4.69, 9.17) is 4.74 Å². The lowest BCUT2D eigenvalue weighted by Crippen LogP contribution is -2.06. The number of aromatic nitrogens is 2. The molecule has 4 nitrogen and oxygen atoms in total. The van der Waals surface area contributed by atoms with Crippen molar-refractivity contribution in [3.63, 3.8) is 0 Å². The third-order valence-electron chi connectivity index (χ3n) is 3.27. The lowest BCUT2D eigenvalue weighted by Gasteiger charge is -2.13. The number of aryl methyl sites for hydroxylation is 1. The summed E-state index contributed by atoms with van der Waals surface area (Å²) in [5.41, 5.74) is 2.64. The Hall–Kier alpha value is -1.62. The van der Waals surface area contributed by atoms with Gasteiger partial charge in [0.1, 0.15) is 11.6 Å². The smallest absolute Gasteiger partial charge is 0.203 e. The number of nitrogens with one attached hydrogen (secondary N) is 1. The van der Waals surface area contributed by atoms with E-state index in [0.717, 1.165) is 29.5 Å². The fourth-order valence-electron chi connectivity index (χ4n) is 2.47. The van der Waals surface area contributed by atoms with Crippen molar-refractivity contribution in [1.29, 1.82) is 0 Å². The van der Waals surface area contributed by atoms with Crippen molar-refractivity contribution in [2.75, 3.05) is 12.4 Å². The average Bonchev–Trinajstić information content (AvgIpc) is 2.97. The van der Waals surface area contributed by atoms with Gasteiger partial charge in [-0.1, -0.05) is 12.1 Å². The minimum atomic E-state index is 0.322. The van der Waals surface area contributed by atoms with Crippen LogP contribution in [0.15, 0.2) is 18.2 Å². The van der Waals surface area contributed by atoms with Gasteiger partial charge in [0.25, 0.3) is 0 Å². The topological polar surface area (TPSA) is 47.0 Å². The molecule has 1 unspecified atom stereocenters. The highest BCUT2D eigenvalue weighted by Crippen LogP contribution is 2.38. The molecular formula is C13H15N3OS. The van der Waals surface area contributed by atoms with Gasteiger partial charge in [0.05, 0.1) is 13.2 Å². The first kappa shape index (κ1) is 11.5. The van der Waals surface area contributed by atoms with Crippen molar-refractivity contribution in [3.05, 3.63) is 35.2 Å². The van der Waals surface area contributed by atoms with Gasteiger partial charge in [-0.2, -0.15) is 4.37 Å². The zero-order chi connectivity index (χ0) is 12.5. The summed E-state index contributed by atoms with van der Waals surface area (Å²) in [5.74, 6) is 1.82. The molecule has 0 saturated heterocycles. The minimum absolute atomic E-state index is 0.322. The highest BCUT2D eigenvalue weighted by atomic mass is 32.1. The molecule has 1 aromatic heterocycles. The average molecular weight is 261 g/mol. The Morgan fingerprint density at radius 2 is 2.33 bits per heavy atom. The Labute approximate surface area is 110 Å². The summed E-state index contributed by atoms with van der Waals surface area (Å²) < 4.78 is 9.60. The molecule has 0 fully saturated rings. The fourth-order valence-corrected chi connectivity index (χ4v) is 3.09. The van der Waals surface area contributed by atoms with E-state index < -0.39 is 0 Å². The second-order valence-electron chi connectivity index (χ2n) is 4.41. The predicted molar refractivity (Wildman–Crippen MR) is 72.3 cm³/mol. The molecule has 0 radical (unpaired) electrons. The SMILES string of the molecule is COc1cccc2c1CCC2Nc1nc(C)ns1. The molecule has 1 aliphatic carbocycles. The predicted octanol–water partition coefficient (Wildman–Crippen LogP) is 2.95. The number of hydrogen-bond donors (Lipinski definition) is 1. The van der Waals surface area contributed by atoms with Crippen molar-refractivity contribution in [1.82, 2.24) is 9.36 Å². The van der Waals surface area contributed by atoms with Crippen LogP contribution in [0.4, 0.5) is 5.13 Å². The molecule has 3 rings (SSSR count). The maximum atomic E-state index is 5.41. The molecule has 1 aromatic carbocycles. The summed E-state index contributed by atoms with van der Waals surface area (Å²) in [6.07, 6.45) is 2.13. The maximum Gasteiger partial charge on any atom is 0.203 e. The van der Waals surface area contributed by atoms with Gasteiger partial charge in [-0.3, -0.25) is 0 Å². The molecule has 1 heterocycles. The molecular weight excluding hydrogens is 246 g/mol. The number of ether oxygens (including phenoxy) is 1. The van der Waals surface area contributed by atoms with E-state index in [1.807, 2.05) is 19.1 Å².